The van der Waals surface area contributed by atoms with Crippen LogP contribution in [-0.4, -0.2) is 39.9 Å². The van der Waals surface area contributed by atoms with Gasteiger partial charge < -0.3 is 15.3 Å². The Morgan fingerprint density at radius 2 is 1.71 bits per heavy atom. The summed E-state index contributed by atoms with van der Waals surface area (Å²) in [6.45, 7) is 6.33. The molecule has 0 heterocycles. The van der Waals surface area contributed by atoms with Gasteiger partial charge >= 0.3 is 5.97 Å². The van der Waals surface area contributed by atoms with Crippen molar-refractivity contribution in [3.05, 3.63) is 71.3 Å². The quantitative estimate of drug-likeness (QED) is 0.579. The molecule has 0 radical (unpaired) electrons. The first kappa shape index (κ1) is 25.0. The maximum Gasteiger partial charge on any atom is 0.326 e. The highest BCUT2D eigenvalue weighted by Gasteiger charge is 2.45. The van der Waals surface area contributed by atoms with E-state index in [0.717, 1.165) is 23.5 Å². The van der Waals surface area contributed by atoms with Gasteiger partial charge in [0.2, 0.25) is 5.91 Å². The van der Waals surface area contributed by atoms with Gasteiger partial charge in [-0.25, -0.2) is 4.79 Å². The van der Waals surface area contributed by atoms with Gasteiger partial charge in [-0.2, -0.15) is 0 Å². The minimum absolute atomic E-state index is 0.138. The number of carboxylic acids is 1. The number of amides is 2. The van der Waals surface area contributed by atoms with Gasteiger partial charge in [0.05, 0.1) is 0 Å². The second kappa shape index (κ2) is 10.2. The normalized spacial score (nSPS) is 22.0. The Morgan fingerprint density at radius 1 is 1.00 bits per heavy atom. The molecule has 2 aliphatic rings. The third kappa shape index (κ3) is 5.92. The van der Waals surface area contributed by atoms with Gasteiger partial charge in [-0.05, 0) is 54.4 Å². The van der Waals surface area contributed by atoms with E-state index in [0.29, 0.717) is 18.0 Å². The standard InChI is InChI=1S/C29H36N2O4/c1-29(2,3)28(35)31(25-17-20-12-13-22(25)14-20)18-21-10-7-11-23(15-21)26(32)30-24(27(33)34)16-19-8-5-4-6-9-19/h4-11,15,20,22,24-25H,12-14,16-18H2,1-3H3,(H,30,32)(H,33,34)/t20?,22?,24-,25?/m0/s1. The predicted molar refractivity (Wildman–Crippen MR) is 135 cm³/mol. The molecule has 0 saturated heterocycles. The van der Waals surface area contributed by atoms with Gasteiger partial charge in [0, 0.05) is 30.0 Å². The van der Waals surface area contributed by atoms with Crippen molar-refractivity contribution >= 4 is 17.8 Å². The van der Waals surface area contributed by atoms with Crippen molar-refractivity contribution in [1.29, 1.82) is 0 Å². The van der Waals surface area contributed by atoms with Crippen molar-refractivity contribution in [1.82, 2.24) is 10.2 Å². The third-order valence-electron chi connectivity index (χ3n) is 7.43. The number of carboxylic acid groups (broad SMARTS) is 1. The smallest absolute Gasteiger partial charge is 0.326 e. The Balaban J connectivity index is 1.50. The van der Waals surface area contributed by atoms with Crippen molar-refractivity contribution in [3.63, 3.8) is 0 Å². The Kier molecular flexibility index (Phi) is 7.29. The summed E-state index contributed by atoms with van der Waals surface area (Å²) >= 11 is 0. The molecule has 0 aliphatic heterocycles. The average molecular weight is 477 g/mol. The number of hydrogen-bond donors (Lipinski definition) is 2. The summed E-state index contributed by atoms with van der Waals surface area (Å²) in [5, 5.41) is 12.3. The molecular weight excluding hydrogens is 440 g/mol. The van der Waals surface area contributed by atoms with Crippen LogP contribution in [0, 0.1) is 17.3 Å². The van der Waals surface area contributed by atoms with Crippen LogP contribution < -0.4 is 5.32 Å². The Labute approximate surface area is 207 Å². The lowest BCUT2D eigenvalue weighted by molar-refractivity contribution is -0.144. The Bertz CT molecular complexity index is 1080. The highest BCUT2D eigenvalue weighted by atomic mass is 16.4. The maximum atomic E-state index is 13.4. The van der Waals surface area contributed by atoms with Crippen LogP contribution >= 0.6 is 0 Å². The summed E-state index contributed by atoms with van der Waals surface area (Å²) in [6.07, 6.45) is 4.93. The van der Waals surface area contributed by atoms with E-state index in [2.05, 4.69) is 5.32 Å². The summed E-state index contributed by atoms with van der Waals surface area (Å²) in [6, 6.07) is 15.7. The highest BCUT2D eigenvalue weighted by Crippen LogP contribution is 2.47. The first-order chi connectivity index (χ1) is 16.6. The van der Waals surface area contributed by atoms with Crippen LogP contribution in [-0.2, 0) is 22.6 Å². The number of rotatable bonds is 8. The lowest BCUT2D eigenvalue weighted by Crippen LogP contribution is -2.47. The summed E-state index contributed by atoms with van der Waals surface area (Å²) in [4.78, 5) is 40.3. The number of carbonyl (C=O) groups is 3. The second-order valence-electron chi connectivity index (χ2n) is 11.2. The van der Waals surface area contributed by atoms with Crippen LogP contribution in [0.1, 0.15) is 67.9 Å². The van der Waals surface area contributed by atoms with Crippen LogP contribution in [0.15, 0.2) is 54.6 Å². The number of carbonyl (C=O) groups excluding carboxylic acids is 2. The number of benzene rings is 2. The van der Waals surface area contributed by atoms with Gasteiger partial charge in [0.1, 0.15) is 6.04 Å². The minimum atomic E-state index is -1.07. The monoisotopic (exact) mass is 476 g/mol. The van der Waals surface area contributed by atoms with E-state index < -0.39 is 23.3 Å². The number of hydrogen-bond acceptors (Lipinski definition) is 3. The molecule has 0 aromatic heterocycles. The molecule has 2 aromatic rings. The van der Waals surface area contributed by atoms with Gasteiger partial charge in [0.25, 0.3) is 5.91 Å². The zero-order valence-electron chi connectivity index (χ0n) is 20.9. The van der Waals surface area contributed by atoms with E-state index in [4.69, 9.17) is 0 Å². The molecule has 2 fully saturated rings. The molecule has 3 unspecified atom stereocenters. The average Bonchev–Trinajstić information content (AvgIpc) is 3.46. The lowest BCUT2D eigenvalue weighted by atomic mass is 9.89. The number of nitrogens with one attached hydrogen (secondary N) is 1. The van der Waals surface area contributed by atoms with Gasteiger partial charge in [0.15, 0.2) is 0 Å². The van der Waals surface area contributed by atoms with Crippen LogP contribution in [0.5, 0.6) is 0 Å². The van der Waals surface area contributed by atoms with Crippen LogP contribution in [0.25, 0.3) is 0 Å². The van der Waals surface area contributed by atoms with Crippen molar-refractivity contribution in [2.75, 3.05) is 0 Å². The van der Waals surface area contributed by atoms with Crippen molar-refractivity contribution in [2.24, 2.45) is 17.3 Å². The summed E-state index contributed by atoms with van der Waals surface area (Å²) in [5.74, 6) is -0.0823. The third-order valence-corrected chi connectivity index (χ3v) is 7.43. The maximum absolute atomic E-state index is 13.4. The molecule has 4 atom stereocenters. The first-order valence-electron chi connectivity index (χ1n) is 12.6. The SMILES string of the molecule is CC(C)(C)C(=O)N(Cc1cccc(C(=O)N[C@@H](Cc2ccccc2)C(=O)O)c1)C1CC2CCC1C2. The Morgan fingerprint density at radius 3 is 2.31 bits per heavy atom. The molecule has 2 aliphatic carbocycles. The van der Waals surface area contributed by atoms with Crippen molar-refractivity contribution in [3.8, 4) is 0 Å². The summed E-state index contributed by atoms with van der Waals surface area (Å²) < 4.78 is 0. The minimum Gasteiger partial charge on any atom is -0.480 e. The van der Waals surface area contributed by atoms with Gasteiger partial charge in [-0.3, -0.25) is 9.59 Å². The van der Waals surface area contributed by atoms with E-state index in [1.807, 2.05) is 62.1 Å². The molecule has 2 amide bonds. The zero-order chi connectivity index (χ0) is 25.2. The van der Waals surface area contributed by atoms with Gasteiger partial charge in [-0.1, -0.05) is 69.7 Å². The molecule has 6 nitrogen and oxygen atoms in total. The first-order valence-corrected chi connectivity index (χ1v) is 12.6. The van der Waals surface area contributed by atoms with Gasteiger partial charge in [-0.15, -0.1) is 0 Å². The molecular formula is C29H36N2O4. The Hall–Kier alpha value is -3.15. The molecule has 0 spiro atoms. The number of nitrogens with zero attached hydrogens (tertiary/aromatic N) is 1. The second-order valence-corrected chi connectivity index (χ2v) is 11.2. The molecule has 2 bridgehead atoms. The molecule has 186 valence electrons. The number of fused-ring (bicyclic) bond motifs is 2. The fourth-order valence-electron chi connectivity index (χ4n) is 5.66. The predicted octanol–water partition coefficient (Wildman–Crippen LogP) is 4.68. The van der Waals surface area contributed by atoms with Crippen LogP contribution in [0.3, 0.4) is 0 Å². The molecule has 35 heavy (non-hydrogen) atoms. The van der Waals surface area contributed by atoms with Crippen LogP contribution in [0.2, 0.25) is 0 Å². The van der Waals surface area contributed by atoms with Crippen molar-refractivity contribution < 1.29 is 19.5 Å². The van der Waals surface area contributed by atoms with Crippen LogP contribution in [0.4, 0.5) is 0 Å². The molecule has 2 saturated carbocycles. The van der Waals surface area contributed by atoms with E-state index in [1.54, 1.807) is 18.2 Å². The highest BCUT2D eigenvalue weighted by molar-refractivity contribution is 5.96. The van der Waals surface area contributed by atoms with E-state index >= 15 is 0 Å². The summed E-state index contributed by atoms with van der Waals surface area (Å²) in [5.41, 5.74) is 1.64. The van der Waals surface area contributed by atoms with E-state index in [-0.39, 0.29) is 18.4 Å². The molecule has 2 aromatic carbocycles. The van der Waals surface area contributed by atoms with E-state index in [9.17, 15) is 19.5 Å². The summed E-state index contributed by atoms with van der Waals surface area (Å²) in [7, 11) is 0. The van der Waals surface area contributed by atoms with Crippen molar-refractivity contribution in [2.45, 2.75) is 71.5 Å². The number of aliphatic carboxylic acids is 1. The zero-order valence-corrected chi connectivity index (χ0v) is 20.9. The molecule has 6 heteroatoms. The molecule has 2 N–H and O–H groups in total. The van der Waals surface area contributed by atoms with E-state index in [1.165, 1.54) is 19.3 Å². The molecule has 4 rings (SSSR count). The lowest BCUT2D eigenvalue weighted by Gasteiger charge is -2.38. The topological polar surface area (TPSA) is 86.7 Å². The fraction of sp³-hybridized carbons (Fsp3) is 0.483. The fourth-order valence-corrected chi connectivity index (χ4v) is 5.66. The largest absolute Gasteiger partial charge is 0.480 e.